The highest BCUT2D eigenvalue weighted by atomic mass is 16.5. The lowest BCUT2D eigenvalue weighted by Crippen LogP contribution is -2.32. The summed E-state index contributed by atoms with van der Waals surface area (Å²) in [6.07, 6.45) is 1.20. The van der Waals surface area contributed by atoms with Crippen LogP contribution >= 0.6 is 0 Å². The average Bonchev–Trinajstić information content (AvgIpc) is 2.08. The molecular weight excluding hydrogens is 164 g/mol. The van der Waals surface area contributed by atoms with Crippen molar-refractivity contribution in [1.82, 2.24) is 10.2 Å². The lowest BCUT2D eigenvalue weighted by molar-refractivity contribution is 0.127. The van der Waals surface area contributed by atoms with Gasteiger partial charge >= 0.3 is 0 Å². The first kappa shape index (κ1) is 12.9. The smallest absolute Gasteiger partial charge is 0.0616 e. The van der Waals surface area contributed by atoms with Crippen molar-refractivity contribution in [3.8, 4) is 0 Å². The van der Waals surface area contributed by atoms with E-state index < -0.39 is 0 Å². The summed E-state index contributed by atoms with van der Waals surface area (Å²) in [7, 11) is 4.20. The molecule has 0 aliphatic rings. The van der Waals surface area contributed by atoms with Gasteiger partial charge in [-0.1, -0.05) is 0 Å². The lowest BCUT2D eigenvalue weighted by Gasteiger charge is -2.14. The van der Waals surface area contributed by atoms with Crippen LogP contribution < -0.4 is 5.32 Å². The zero-order chi connectivity index (χ0) is 10.1. The molecule has 0 saturated carbocycles. The second kappa shape index (κ2) is 8.48. The number of hydrogen-bond acceptors (Lipinski definition) is 3. The van der Waals surface area contributed by atoms with Crippen molar-refractivity contribution < 1.29 is 4.74 Å². The predicted octanol–water partition coefficient (Wildman–Crippen LogP) is 0.953. The zero-order valence-electron chi connectivity index (χ0n) is 9.47. The highest BCUT2D eigenvalue weighted by molar-refractivity contribution is 4.59. The highest BCUT2D eigenvalue weighted by Gasteiger charge is 1.99. The fraction of sp³-hybridized carbons (Fsp3) is 1.00. The van der Waals surface area contributed by atoms with Crippen molar-refractivity contribution in [1.29, 1.82) is 0 Å². The monoisotopic (exact) mass is 188 g/mol. The molecule has 0 aromatic carbocycles. The molecule has 0 aromatic rings. The molecule has 3 nitrogen and oxygen atoms in total. The van der Waals surface area contributed by atoms with Crippen LogP contribution in [0.3, 0.4) is 0 Å². The fourth-order valence-corrected chi connectivity index (χ4v) is 1.10. The molecule has 3 heteroatoms. The van der Waals surface area contributed by atoms with Gasteiger partial charge in [-0.25, -0.2) is 0 Å². The van der Waals surface area contributed by atoms with E-state index in [0.717, 1.165) is 26.3 Å². The summed E-state index contributed by atoms with van der Waals surface area (Å²) < 4.78 is 5.30. The third kappa shape index (κ3) is 9.80. The Balaban J connectivity index is 3.12. The van der Waals surface area contributed by atoms with Crippen LogP contribution in [0.5, 0.6) is 0 Å². The number of ether oxygens (including phenoxy) is 1. The molecule has 1 unspecified atom stereocenters. The van der Waals surface area contributed by atoms with Crippen LogP contribution in [-0.2, 0) is 4.74 Å². The Bertz CT molecular complexity index is 107. The summed E-state index contributed by atoms with van der Waals surface area (Å²) in [5.41, 5.74) is 0. The summed E-state index contributed by atoms with van der Waals surface area (Å²) in [5.74, 6) is 0. The van der Waals surface area contributed by atoms with E-state index in [9.17, 15) is 0 Å². The van der Waals surface area contributed by atoms with Gasteiger partial charge in [-0.3, -0.25) is 0 Å². The number of nitrogens with zero attached hydrogens (tertiary/aromatic N) is 1. The van der Waals surface area contributed by atoms with E-state index in [-0.39, 0.29) is 0 Å². The van der Waals surface area contributed by atoms with Gasteiger partial charge in [0.1, 0.15) is 0 Å². The maximum Gasteiger partial charge on any atom is 0.0616 e. The molecule has 0 aliphatic heterocycles. The molecular formula is C10H24N2O. The molecule has 13 heavy (non-hydrogen) atoms. The minimum Gasteiger partial charge on any atom is -0.380 e. The molecule has 0 saturated heterocycles. The minimum atomic E-state index is 0.474. The fourth-order valence-electron chi connectivity index (χ4n) is 1.10. The van der Waals surface area contributed by atoms with Crippen molar-refractivity contribution in [2.75, 3.05) is 40.4 Å². The van der Waals surface area contributed by atoms with Gasteiger partial charge in [0.2, 0.25) is 0 Å². The predicted molar refractivity (Wildman–Crippen MR) is 57.1 cm³/mol. The first-order valence-electron chi connectivity index (χ1n) is 5.12. The van der Waals surface area contributed by atoms with Gasteiger partial charge in [0.15, 0.2) is 0 Å². The van der Waals surface area contributed by atoms with E-state index >= 15 is 0 Å². The van der Waals surface area contributed by atoms with E-state index in [1.54, 1.807) is 0 Å². The van der Waals surface area contributed by atoms with Gasteiger partial charge in [0.25, 0.3) is 0 Å². The Hall–Kier alpha value is -0.120. The zero-order valence-corrected chi connectivity index (χ0v) is 9.47. The third-order valence-electron chi connectivity index (χ3n) is 1.85. The van der Waals surface area contributed by atoms with Gasteiger partial charge in [-0.2, -0.15) is 0 Å². The normalized spacial score (nSPS) is 13.6. The van der Waals surface area contributed by atoms with Gasteiger partial charge in [0, 0.05) is 12.6 Å². The average molecular weight is 188 g/mol. The Morgan fingerprint density at radius 3 is 2.62 bits per heavy atom. The van der Waals surface area contributed by atoms with Gasteiger partial charge in [0.05, 0.1) is 6.61 Å². The van der Waals surface area contributed by atoms with Crippen LogP contribution in [0.2, 0.25) is 0 Å². The van der Waals surface area contributed by atoms with E-state index in [1.165, 1.54) is 6.42 Å². The lowest BCUT2D eigenvalue weighted by atomic mass is 10.3. The van der Waals surface area contributed by atoms with Gasteiger partial charge in [-0.15, -0.1) is 0 Å². The van der Waals surface area contributed by atoms with E-state index in [1.807, 2.05) is 6.92 Å². The Morgan fingerprint density at radius 1 is 1.38 bits per heavy atom. The van der Waals surface area contributed by atoms with Crippen LogP contribution in [0.15, 0.2) is 0 Å². The van der Waals surface area contributed by atoms with Crippen LogP contribution in [-0.4, -0.2) is 51.3 Å². The summed E-state index contributed by atoms with van der Waals surface area (Å²) in [6, 6.07) is 0.474. The first-order chi connectivity index (χ1) is 6.16. The molecule has 0 aliphatic carbocycles. The molecule has 0 rings (SSSR count). The molecule has 0 bridgehead atoms. The van der Waals surface area contributed by atoms with Crippen molar-refractivity contribution in [2.45, 2.75) is 26.3 Å². The third-order valence-corrected chi connectivity index (χ3v) is 1.85. The standard InChI is InChI=1S/C10H24N2O/c1-5-13-9-10(2)11-7-6-8-12(3)4/h10-11H,5-9H2,1-4H3. The molecule has 0 fully saturated rings. The maximum atomic E-state index is 5.30. The van der Waals surface area contributed by atoms with E-state index in [4.69, 9.17) is 4.74 Å². The van der Waals surface area contributed by atoms with Crippen LogP contribution in [0.1, 0.15) is 20.3 Å². The number of rotatable bonds is 8. The Labute approximate surface area is 82.4 Å². The Kier molecular flexibility index (Phi) is 8.40. The quantitative estimate of drug-likeness (QED) is 0.574. The summed E-state index contributed by atoms with van der Waals surface area (Å²) in [4.78, 5) is 2.20. The second-order valence-electron chi connectivity index (χ2n) is 3.67. The molecule has 1 atom stereocenters. The largest absolute Gasteiger partial charge is 0.380 e. The molecule has 0 radical (unpaired) electrons. The molecule has 0 spiro atoms. The van der Waals surface area contributed by atoms with Gasteiger partial charge < -0.3 is 15.0 Å². The van der Waals surface area contributed by atoms with Crippen molar-refractivity contribution in [3.63, 3.8) is 0 Å². The topological polar surface area (TPSA) is 24.5 Å². The molecule has 1 N–H and O–H groups in total. The van der Waals surface area contributed by atoms with Gasteiger partial charge in [-0.05, 0) is 47.5 Å². The number of hydrogen-bond donors (Lipinski definition) is 1. The molecule has 0 aromatic heterocycles. The second-order valence-corrected chi connectivity index (χ2v) is 3.67. The van der Waals surface area contributed by atoms with Crippen molar-refractivity contribution in [2.24, 2.45) is 0 Å². The van der Waals surface area contributed by atoms with E-state index in [0.29, 0.717) is 6.04 Å². The maximum absolute atomic E-state index is 5.30. The van der Waals surface area contributed by atoms with Crippen LogP contribution in [0, 0.1) is 0 Å². The SMILES string of the molecule is CCOCC(C)NCCCN(C)C. The summed E-state index contributed by atoms with van der Waals surface area (Å²) >= 11 is 0. The van der Waals surface area contributed by atoms with E-state index in [2.05, 4.69) is 31.2 Å². The Morgan fingerprint density at radius 2 is 2.08 bits per heavy atom. The molecule has 0 heterocycles. The summed E-state index contributed by atoms with van der Waals surface area (Å²) in [6.45, 7) is 8.03. The summed E-state index contributed by atoms with van der Waals surface area (Å²) in [5, 5.41) is 3.42. The molecule has 80 valence electrons. The van der Waals surface area contributed by atoms with Crippen LogP contribution in [0.25, 0.3) is 0 Å². The van der Waals surface area contributed by atoms with Crippen LogP contribution in [0.4, 0.5) is 0 Å². The van der Waals surface area contributed by atoms with Crippen molar-refractivity contribution in [3.05, 3.63) is 0 Å². The first-order valence-corrected chi connectivity index (χ1v) is 5.12. The highest BCUT2D eigenvalue weighted by Crippen LogP contribution is 1.86. The molecule has 0 amide bonds. The van der Waals surface area contributed by atoms with Crippen molar-refractivity contribution >= 4 is 0 Å². The minimum absolute atomic E-state index is 0.474. The number of nitrogens with one attached hydrogen (secondary N) is 1.